The Morgan fingerprint density at radius 3 is 3.00 bits per heavy atom. The van der Waals surface area contributed by atoms with E-state index in [2.05, 4.69) is 20.7 Å². The number of carbonyl (C=O) groups is 1. The van der Waals surface area contributed by atoms with Crippen LogP contribution in [-0.4, -0.2) is 51.4 Å². The second-order valence-corrected chi connectivity index (χ2v) is 5.12. The van der Waals surface area contributed by atoms with Crippen LogP contribution in [0.3, 0.4) is 0 Å². The van der Waals surface area contributed by atoms with E-state index < -0.39 is 0 Å². The van der Waals surface area contributed by atoms with Gasteiger partial charge in [0.2, 0.25) is 0 Å². The van der Waals surface area contributed by atoms with Gasteiger partial charge >= 0.3 is 0 Å². The van der Waals surface area contributed by atoms with Crippen LogP contribution in [-0.2, 0) is 0 Å². The number of aromatic amines is 1. The molecule has 0 saturated carbocycles. The maximum absolute atomic E-state index is 12.4. The van der Waals surface area contributed by atoms with Crippen molar-refractivity contribution in [1.29, 1.82) is 0 Å². The number of hydrogen-bond acceptors (Lipinski definition) is 4. The van der Waals surface area contributed by atoms with Crippen LogP contribution in [0.1, 0.15) is 42.6 Å². The van der Waals surface area contributed by atoms with E-state index in [0.29, 0.717) is 17.8 Å². The Kier molecular flexibility index (Phi) is 3.27. The van der Waals surface area contributed by atoms with Gasteiger partial charge in [-0.1, -0.05) is 0 Å². The number of aromatic nitrogens is 3. The standard InChI is InChI=1S/C12H19N5O/c18-12(10-8-14-16-15-10)17-7-2-1-5-11(17)9-4-3-6-13-9/h8-9,11,13H,1-7H2,(H,14,15,16). The van der Waals surface area contributed by atoms with Crippen LogP contribution in [0.4, 0.5) is 0 Å². The number of likely N-dealkylation sites (tertiary alicyclic amines) is 1. The third-order valence-corrected chi connectivity index (χ3v) is 4.01. The number of hydrogen-bond donors (Lipinski definition) is 2. The molecular formula is C12H19N5O. The van der Waals surface area contributed by atoms with Gasteiger partial charge in [-0.05, 0) is 38.6 Å². The van der Waals surface area contributed by atoms with Gasteiger partial charge in [-0.3, -0.25) is 4.79 Å². The highest BCUT2D eigenvalue weighted by molar-refractivity contribution is 5.92. The molecule has 0 spiro atoms. The molecule has 6 heteroatoms. The number of H-pyrrole nitrogens is 1. The van der Waals surface area contributed by atoms with Crippen molar-refractivity contribution in [3.8, 4) is 0 Å². The van der Waals surface area contributed by atoms with Crippen LogP contribution < -0.4 is 5.32 Å². The lowest BCUT2D eigenvalue weighted by Crippen LogP contribution is -2.52. The van der Waals surface area contributed by atoms with E-state index in [-0.39, 0.29) is 5.91 Å². The third kappa shape index (κ3) is 2.12. The smallest absolute Gasteiger partial charge is 0.276 e. The van der Waals surface area contributed by atoms with Crippen molar-refractivity contribution in [2.24, 2.45) is 0 Å². The first kappa shape index (κ1) is 11.6. The van der Waals surface area contributed by atoms with E-state index in [1.54, 1.807) is 0 Å². The van der Waals surface area contributed by atoms with Crippen molar-refractivity contribution < 1.29 is 4.79 Å². The Balaban J connectivity index is 1.76. The van der Waals surface area contributed by atoms with Crippen molar-refractivity contribution in [3.63, 3.8) is 0 Å². The largest absolute Gasteiger partial charge is 0.333 e. The topological polar surface area (TPSA) is 73.9 Å². The molecule has 0 aliphatic carbocycles. The summed E-state index contributed by atoms with van der Waals surface area (Å²) in [5.74, 6) is 0.0159. The fourth-order valence-electron chi connectivity index (χ4n) is 3.12. The summed E-state index contributed by atoms with van der Waals surface area (Å²) in [6, 6.07) is 0.784. The van der Waals surface area contributed by atoms with E-state index >= 15 is 0 Å². The van der Waals surface area contributed by atoms with E-state index in [4.69, 9.17) is 0 Å². The lowest BCUT2D eigenvalue weighted by molar-refractivity contribution is 0.0557. The molecule has 3 heterocycles. The summed E-state index contributed by atoms with van der Waals surface area (Å²) in [4.78, 5) is 14.4. The first-order valence-electron chi connectivity index (χ1n) is 6.76. The quantitative estimate of drug-likeness (QED) is 0.803. The highest BCUT2D eigenvalue weighted by atomic mass is 16.2. The van der Waals surface area contributed by atoms with Gasteiger partial charge in [0.1, 0.15) is 0 Å². The monoisotopic (exact) mass is 249 g/mol. The zero-order chi connectivity index (χ0) is 12.4. The second kappa shape index (κ2) is 5.06. The molecule has 98 valence electrons. The predicted molar refractivity (Wildman–Crippen MR) is 66.1 cm³/mol. The maximum Gasteiger partial charge on any atom is 0.276 e. The molecule has 2 aliphatic rings. The Bertz CT molecular complexity index is 399. The first-order chi connectivity index (χ1) is 8.86. The lowest BCUT2D eigenvalue weighted by atomic mass is 9.94. The Morgan fingerprint density at radius 1 is 1.33 bits per heavy atom. The van der Waals surface area contributed by atoms with Gasteiger partial charge in [0.15, 0.2) is 5.69 Å². The highest BCUT2D eigenvalue weighted by Crippen LogP contribution is 2.25. The Labute approximate surface area is 106 Å². The highest BCUT2D eigenvalue weighted by Gasteiger charge is 2.35. The molecule has 0 radical (unpaired) electrons. The fraction of sp³-hybridized carbons (Fsp3) is 0.750. The summed E-state index contributed by atoms with van der Waals surface area (Å²) in [5.41, 5.74) is 0.430. The molecule has 1 aromatic rings. The molecular weight excluding hydrogens is 230 g/mol. The van der Waals surface area contributed by atoms with Gasteiger partial charge in [-0.2, -0.15) is 15.4 Å². The van der Waals surface area contributed by atoms with Crippen LogP contribution >= 0.6 is 0 Å². The molecule has 2 aliphatic heterocycles. The molecule has 3 rings (SSSR count). The molecule has 2 unspecified atom stereocenters. The molecule has 2 N–H and O–H groups in total. The molecule has 6 nitrogen and oxygen atoms in total. The van der Waals surface area contributed by atoms with Gasteiger partial charge in [0.25, 0.3) is 5.91 Å². The van der Waals surface area contributed by atoms with Gasteiger partial charge in [0, 0.05) is 18.6 Å². The van der Waals surface area contributed by atoms with Crippen LogP contribution in [0.5, 0.6) is 0 Å². The molecule has 2 saturated heterocycles. The number of rotatable bonds is 2. The molecule has 18 heavy (non-hydrogen) atoms. The predicted octanol–water partition coefficient (Wildman–Crippen LogP) is 0.551. The minimum Gasteiger partial charge on any atom is -0.333 e. The van der Waals surface area contributed by atoms with Crippen molar-refractivity contribution in [2.75, 3.05) is 13.1 Å². The minimum atomic E-state index is 0.0159. The fourth-order valence-corrected chi connectivity index (χ4v) is 3.12. The number of nitrogens with zero attached hydrogens (tertiary/aromatic N) is 3. The molecule has 2 fully saturated rings. The second-order valence-electron chi connectivity index (χ2n) is 5.12. The summed E-state index contributed by atoms with van der Waals surface area (Å²) in [6.45, 7) is 1.92. The van der Waals surface area contributed by atoms with Crippen LogP contribution in [0.25, 0.3) is 0 Å². The van der Waals surface area contributed by atoms with E-state index in [0.717, 1.165) is 25.9 Å². The van der Waals surface area contributed by atoms with Crippen molar-refractivity contribution in [3.05, 3.63) is 11.9 Å². The van der Waals surface area contributed by atoms with Gasteiger partial charge in [-0.25, -0.2) is 0 Å². The van der Waals surface area contributed by atoms with E-state index in [9.17, 15) is 4.79 Å². The molecule has 2 atom stereocenters. The van der Waals surface area contributed by atoms with Crippen molar-refractivity contribution in [2.45, 2.75) is 44.2 Å². The van der Waals surface area contributed by atoms with Crippen LogP contribution in [0, 0.1) is 0 Å². The number of carbonyl (C=O) groups excluding carboxylic acids is 1. The third-order valence-electron chi connectivity index (χ3n) is 4.01. The zero-order valence-electron chi connectivity index (χ0n) is 10.4. The zero-order valence-corrected chi connectivity index (χ0v) is 10.4. The molecule has 1 amide bonds. The SMILES string of the molecule is O=C(c1cn[nH]n1)N1CCCCC1C1CCCN1. The van der Waals surface area contributed by atoms with E-state index in [1.807, 2.05) is 4.90 Å². The van der Waals surface area contributed by atoms with E-state index in [1.165, 1.54) is 25.5 Å². The Morgan fingerprint density at radius 2 is 2.28 bits per heavy atom. The average Bonchev–Trinajstić information content (AvgIpc) is 3.11. The molecule has 0 aromatic carbocycles. The van der Waals surface area contributed by atoms with Gasteiger partial charge in [0.05, 0.1) is 6.20 Å². The number of nitrogens with one attached hydrogen (secondary N) is 2. The Hall–Kier alpha value is -1.43. The van der Waals surface area contributed by atoms with Crippen molar-refractivity contribution in [1.82, 2.24) is 25.6 Å². The number of amides is 1. The molecule has 0 bridgehead atoms. The summed E-state index contributed by atoms with van der Waals surface area (Å²) >= 11 is 0. The summed E-state index contributed by atoms with van der Waals surface area (Å²) < 4.78 is 0. The minimum absolute atomic E-state index is 0.0159. The van der Waals surface area contributed by atoms with Crippen LogP contribution in [0.2, 0.25) is 0 Å². The normalized spacial score (nSPS) is 28.6. The van der Waals surface area contributed by atoms with Gasteiger partial charge < -0.3 is 10.2 Å². The summed E-state index contributed by atoms with van der Waals surface area (Å²) in [5, 5.41) is 13.7. The molecule has 1 aromatic heterocycles. The summed E-state index contributed by atoms with van der Waals surface area (Å²) in [7, 11) is 0. The maximum atomic E-state index is 12.4. The summed E-state index contributed by atoms with van der Waals surface area (Å²) in [6.07, 6.45) is 7.30. The first-order valence-corrected chi connectivity index (χ1v) is 6.76. The number of piperidine rings is 1. The van der Waals surface area contributed by atoms with Crippen LogP contribution in [0.15, 0.2) is 6.20 Å². The van der Waals surface area contributed by atoms with Gasteiger partial charge in [-0.15, -0.1) is 0 Å². The lowest BCUT2D eigenvalue weighted by Gasteiger charge is -2.38. The average molecular weight is 249 g/mol. The van der Waals surface area contributed by atoms with Crippen molar-refractivity contribution >= 4 is 5.91 Å².